The Labute approximate surface area is 187 Å². The molecular formula is C23H44N6O2. The molecule has 0 spiro atoms. The van der Waals surface area contributed by atoms with Gasteiger partial charge in [0.05, 0.1) is 5.69 Å². The van der Waals surface area contributed by atoms with Crippen LogP contribution in [0.1, 0.15) is 83.6 Å². The van der Waals surface area contributed by atoms with Crippen molar-refractivity contribution in [2.24, 2.45) is 23.1 Å². The standard InChI is InChI=1S/C23H44N6O2/c1-14(2)6-3-7-15(24)8-4-9-16(25)10-5-12-23(29)13-11-17-18(26)21(30)19(27)20(28)22(17)31-23/h14-16,30H,3-13,24-29H2,1-2H3. The Kier molecular flexibility index (Phi) is 9.09. The van der Waals surface area contributed by atoms with E-state index in [1.807, 2.05) is 0 Å². The van der Waals surface area contributed by atoms with E-state index in [9.17, 15) is 5.11 Å². The smallest absolute Gasteiger partial charge is 0.164 e. The van der Waals surface area contributed by atoms with Crippen LogP contribution in [0, 0.1) is 5.92 Å². The van der Waals surface area contributed by atoms with E-state index in [0.29, 0.717) is 30.6 Å². The second kappa shape index (κ2) is 11.1. The summed E-state index contributed by atoms with van der Waals surface area (Å²) < 4.78 is 6.04. The highest BCUT2D eigenvalue weighted by Crippen LogP contribution is 2.48. The van der Waals surface area contributed by atoms with Crippen molar-refractivity contribution in [2.45, 2.75) is 102 Å². The average molecular weight is 437 g/mol. The Bertz CT molecular complexity index is 727. The second-order valence-corrected chi connectivity index (χ2v) is 9.73. The Morgan fingerprint density at radius 2 is 1.42 bits per heavy atom. The fourth-order valence-corrected chi connectivity index (χ4v) is 4.34. The molecule has 3 atom stereocenters. The van der Waals surface area contributed by atoms with Crippen molar-refractivity contribution in [3.05, 3.63) is 5.56 Å². The number of phenols is 1. The quantitative estimate of drug-likeness (QED) is 0.192. The van der Waals surface area contributed by atoms with Crippen molar-refractivity contribution < 1.29 is 9.84 Å². The lowest BCUT2D eigenvalue weighted by Crippen LogP contribution is -2.48. The minimum atomic E-state index is -0.838. The fourth-order valence-electron chi connectivity index (χ4n) is 4.34. The molecule has 0 radical (unpaired) electrons. The molecule has 1 heterocycles. The molecule has 0 bridgehead atoms. The van der Waals surface area contributed by atoms with Gasteiger partial charge in [-0.1, -0.05) is 33.1 Å². The molecule has 0 aromatic heterocycles. The molecule has 0 saturated carbocycles. The van der Waals surface area contributed by atoms with Gasteiger partial charge in [-0.2, -0.15) is 0 Å². The maximum absolute atomic E-state index is 10.0. The highest BCUT2D eigenvalue weighted by molar-refractivity contribution is 5.87. The zero-order chi connectivity index (χ0) is 23.2. The zero-order valence-electron chi connectivity index (χ0n) is 19.3. The van der Waals surface area contributed by atoms with E-state index in [1.165, 1.54) is 12.8 Å². The lowest BCUT2D eigenvalue weighted by molar-refractivity contribution is 0.0419. The molecule has 31 heavy (non-hydrogen) atoms. The third-order valence-electron chi connectivity index (χ3n) is 6.43. The average Bonchev–Trinajstić information content (AvgIpc) is 2.70. The molecule has 178 valence electrons. The number of rotatable bonds is 12. The normalized spacial score (nSPS) is 20.3. The summed E-state index contributed by atoms with van der Waals surface area (Å²) in [6, 6.07) is 0.411. The molecule has 8 heteroatoms. The zero-order valence-corrected chi connectivity index (χ0v) is 19.3. The SMILES string of the molecule is CC(C)CCCC(N)CCCC(N)CCCC1(N)CCc2c(N)c(O)c(N)c(N)c2O1. The van der Waals surface area contributed by atoms with E-state index in [-0.39, 0.29) is 34.9 Å². The molecule has 1 aromatic rings. The first-order valence-corrected chi connectivity index (χ1v) is 11.7. The van der Waals surface area contributed by atoms with Crippen molar-refractivity contribution >= 4 is 17.1 Å². The summed E-state index contributed by atoms with van der Waals surface area (Å²) in [6.07, 6.45) is 10.2. The maximum atomic E-state index is 10.0. The van der Waals surface area contributed by atoms with E-state index < -0.39 is 5.72 Å². The largest absolute Gasteiger partial charge is 0.504 e. The molecule has 0 aliphatic carbocycles. The van der Waals surface area contributed by atoms with Crippen LogP contribution in [-0.4, -0.2) is 22.9 Å². The van der Waals surface area contributed by atoms with Gasteiger partial charge in [0.1, 0.15) is 11.4 Å². The van der Waals surface area contributed by atoms with E-state index in [1.54, 1.807) is 0 Å². The number of anilines is 3. The molecule has 3 unspecified atom stereocenters. The van der Waals surface area contributed by atoms with Crippen LogP contribution in [0.25, 0.3) is 0 Å². The fraction of sp³-hybridized carbons (Fsp3) is 0.739. The third-order valence-corrected chi connectivity index (χ3v) is 6.43. The van der Waals surface area contributed by atoms with Crippen LogP contribution in [0.2, 0.25) is 0 Å². The number of benzene rings is 1. The minimum absolute atomic E-state index is 0.0323. The monoisotopic (exact) mass is 436 g/mol. The van der Waals surface area contributed by atoms with Gasteiger partial charge in [0.25, 0.3) is 0 Å². The first-order chi connectivity index (χ1) is 14.5. The van der Waals surface area contributed by atoms with Gasteiger partial charge in [0, 0.05) is 30.5 Å². The van der Waals surface area contributed by atoms with Gasteiger partial charge in [-0.3, -0.25) is 5.73 Å². The van der Waals surface area contributed by atoms with Crippen LogP contribution in [0.3, 0.4) is 0 Å². The van der Waals surface area contributed by atoms with Crippen molar-refractivity contribution in [3.8, 4) is 11.5 Å². The summed E-state index contributed by atoms with van der Waals surface area (Å²) in [4.78, 5) is 0. The lowest BCUT2D eigenvalue weighted by Gasteiger charge is -2.37. The molecule has 8 nitrogen and oxygen atoms in total. The number of phenolic OH excluding ortho intramolecular Hbond substituents is 1. The summed E-state index contributed by atoms with van der Waals surface area (Å²) >= 11 is 0. The number of fused-ring (bicyclic) bond motifs is 1. The Morgan fingerprint density at radius 3 is 2.00 bits per heavy atom. The van der Waals surface area contributed by atoms with E-state index in [0.717, 1.165) is 44.4 Å². The summed E-state index contributed by atoms with van der Waals surface area (Å²) in [5.74, 6) is 0.957. The molecule has 13 N–H and O–H groups in total. The molecule has 0 fully saturated rings. The predicted molar refractivity (Wildman–Crippen MR) is 130 cm³/mol. The molecule has 0 amide bonds. The van der Waals surface area contributed by atoms with E-state index in [2.05, 4.69) is 13.8 Å². The van der Waals surface area contributed by atoms with Gasteiger partial charge in [0.2, 0.25) is 0 Å². The van der Waals surface area contributed by atoms with Gasteiger partial charge in [-0.15, -0.1) is 0 Å². The van der Waals surface area contributed by atoms with Gasteiger partial charge in [-0.25, -0.2) is 0 Å². The Morgan fingerprint density at radius 1 is 0.871 bits per heavy atom. The molecule has 1 aromatic carbocycles. The summed E-state index contributed by atoms with van der Waals surface area (Å²) in [7, 11) is 0. The third kappa shape index (κ3) is 7.05. The van der Waals surface area contributed by atoms with Crippen LogP contribution < -0.4 is 39.1 Å². The van der Waals surface area contributed by atoms with Gasteiger partial charge in [-0.05, 0) is 44.4 Å². The summed E-state index contributed by atoms with van der Waals surface area (Å²) in [6.45, 7) is 4.50. The Hall–Kier alpha value is -1.90. The van der Waals surface area contributed by atoms with Crippen LogP contribution in [0.4, 0.5) is 17.1 Å². The molecule has 1 aliphatic heterocycles. The summed E-state index contributed by atoms with van der Waals surface area (Å²) in [5, 5.41) is 10.0. The van der Waals surface area contributed by atoms with Crippen molar-refractivity contribution in [1.82, 2.24) is 0 Å². The van der Waals surface area contributed by atoms with Crippen molar-refractivity contribution in [2.75, 3.05) is 17.2 Å². The number of hydrogen-bond acceptors (Lipinski definition) is 8. The molecule has 2 rings (SSSR count). The highest BCUT2D eigenvalue weighted by Gasteiger charge is 2.35. The van der Waals surface area contributed by atoms with Crippen LogP contribution >= 0.6 is 0 Å². The van der Waals surface area contributed by atoms with Crippen LogP contribution in [0.15, 0.2) is 0 Å². The van der Waals surface area contributed by atoms with E-state index >= 15 is 0 Å². The minimum Gasteiger partial charge on any atom is -0.504 e. The first kappa shape index (κ1) is 25.4. The maximum Gasteiger partial charge on any atom is 0.164 e. The van der Waals surface area contributed by atoms with Crippen LogP contribution in [-0.2, 0) is 6.42 Å². The highest BCUT2D eigenvalue weighted by atomic mass is 16.5. The topological polar surface area (TPSA) is 186 Å². The number of ether oxygens (including phenoxy) is 1. The predicted octanol–water partition coefficient (Wildman–Crippen LogP) is 2.94. The van der Waals surface area contributed by atoms with Crippen LogP contribution in [0.5, 0.6) is 11.5 Å². The molecule has 1 aliphatic rings. The summed E-state index contributed by atoms with van der Waals surface area (Å²) in [5.41, 5.74) is 37.2. The van der Waals surface area contributed by atoms with Gasteiger partial charge < -0.3 is 38.5 Å². The first-order valence-electron chi connectivity index (χ1n) is 11.7. The van der Waals surface area contributed by atoms with Crippen molar-refractivity contribution in [3.63, 3.8) is 0 Å². The lowest BCUT2D eigenvalue weighted by atomic mass is 9.91. The van der Waals surface area contributed by atoms with Gasteiger partial charge in [0.15, 0.2) is 17.2 Å². The number of aromatic hydroxyl groups is 1. The number of hydrogen-bond donors (Lipinski definition) is 7. The van der Waals surface area contributed by atoms with E-state index in [4.69, 9.17) is 39.1 Å². The molecular weight excluding hydrogens is 392 g/mol. The number of nitrogens with two attached hydrogens (primary N) is 6. The second-order valence-electron chi connectivity index (χ2n) is 9.73. The Balaban J connectivity index is 1.74. The molecule has 0 saturated heterocycles. The number of nitrogen functional groups attached to an aromatic ring is 3. The van der Waals surface area contributed by atoms with Crippen molar-refractivity contribution in [1.29, 1.82) is 0 Å². The van der Waals surface area contributed by atoms with Gasteiger partial charge >= 0.3 is 0 Å².